The van der Waals surface area contributed by atoms with Gasteiger partial charge in [0.25, 0.3) is 6.17 Å². The van der Waals surface area contributed by atoms with Gasteiger partial charge in [-0.2, -0.15) is 0 Å². The van der Waals surface area contributed by atoms with Crippen LogP contribution in [-0.2, 0) is 4.79 Å². The summed E-state index contributed by atoms with van der Waals surface area (Å²) >= 11 is 1.34. The van der Waals surface area contributed by atoms with Gasteiger partial charge in [-0.1, -0.05) is 36.0 Å². The van der Waals surface area contributed by atoms with Crippen molar-refractivity contribution in [3.05, 3.63) is 71.0 Å². The molecule has 0 amide bonds. The van der Waals surface area contributed by atoms with Crippen molar-refractivity contribution in [1.29, 1.82) is 0 Å². The van der Waals surface area contributed by atoms with Gasteiger partial charge in [0, 0.05) is 10.9 Å². The predicted molar refractivity (Wildman–Crippen MR) is 119 cm³/mol. The number of ether oxygens (including phenoxy) is 2. The van der Waals surface area contributed by atoms with E-state index in [-0.39, 0.29) is 11.3 Å². The summed E-state index contributed by atoms with van der Waals surface area (Å²) < 4.78 is 12.6. The fourth-order valence-electron chi connectivity index (χ4n) is 3.50. The minimum atomic E-state index is -1.12. The summed E-state index contributed by atoms with van der Waals surface area (Å²) in [5, 5.41) is 17.6. The van der Waals surface area contributed by atoms with Crippen molar-refractivity contribution in [2.45, 2.75) is 11.3 Å². The second-order valence-corrected chi connectivity index (χ2v) is 7.81. The molecule has 1 aromatic heterocycles. The molecule has 0 radical (unpaired) electrons. The minimum Gasteiger partial charge on any atom is -0.493 e. The molecule has 10 heteroatoms. The average molecular weight is 454 g/mol. The van der Waals surface area contributed by atoms with Gasteiger partial charge in [0.05, 0.1) is 23.9 Å². The Hall–Kier alpha value is -3.79. The normalized spacial score (nSPS) is 14.0. The Balaban J connectivity index is 1.92. The van der Waals surface area contributed by atoms with Crippen LogP contribution in [0.4, 0.5) is 5.69 Å². The number of fused-ring (bicyclic) bond motifs is 3. The number of carboxylic acids is 1. The number of rotatable bonds is 8. The zero-order valence-corrected chi connectivity index (χ0v) is 18.0. The highest BCUT2D eigenvalue weighted by Crippen LogP contribution is 2.38. The van der Waals surface area contributed by atoms with Crippen LogP contribution in [0.25, 0.3) is 11.3 Å². The molecule has 2 aromatic carbocycles. The molecule has 2 heterocycles. The van der Waals surface area contributed by atoms with Gasteiger partial charge >= 0.3 is 17.2 Å². The Morgan fingerprint density at radius 3 is 2.88 bits per heavy atom. The molecule has 0 aliphatic carbocycles. The molecule has 0 fully saturated rings. The van der Waals surface area contributed by atoms with Crippen molar-refractivity contribution in [2.75, 3.05) is 24.8 Å². The summed E-state index contributed by atoms with van der Waals surface area (Å²) in [6.07, 6.45) is 1.07. The Morgan fingerprint density at radius 1 is 1.31 bits per heavy atom. The van der Waals surface area contributed by atoms with E-state index < -0.39 is 18.7 Å². The Labute approximate surface area is 187 Å². The van der Waals surface area contributed by atoms with E-state index in [2.05, 4.69) is 22.0 Å². The number of nitrogens with zero attached hydrogens (tertiary/aromatic N) is 2. The lowest BCUT2D eigenvalue weighted by Gasteiger charge is -2.24. The van der Waals surface area contributed by atoms with E-state index in [0.29, 0.717) is 33.5 Å². The number of anilines is 1. The minimum absolute atomic E-state index is 0.259. The molecule has 9 nitrogen and oxygen atoms in total. The zero-order chi connectivity index (χ0) is 22.7. The number of aromatic amines is 1. The number of methoxy groups -OCH3 is 1. The van der Waals surface area contributed by atoms with E-state index in [1.807, 2.05) is 24.3 Å². The molecule has 0 saturated carbocycles. The number of carboxylic acid groups (broad SMARTS) is 1. The number of para-hydroxylation sites is 2. The lowest BCUT2D eigenvalue weighted by molar-refractivity contribution is -0.759. The highest BCUT2D eigenvalue weighted by atomic mass is 32.2. The quantitative estimate of drug-likeness (QED) is 0.271. The third-order valence-electron chi connectivity index (χ3n) is 4.78. The highest BCUT2D eigenvalue weighted by molar-refractivity contribution is 7.99. The van der Waals surface area contributed by atoms with Gasteiger partial charge in [-0.25, -0.2) is 4.79 Å². The Morgan fingerprint density at radius 2 is 2.12 bits per heavy atom. The molecule has 0 spiro atoms. The second-order valence-electron chi connectivity index (χ2n) is 6.81. The molecule has 0 saturated heterocycles. The fraction of sp³-hybridized carbons (Fsp3) is 0.182. The monoisotopic (exact) mass is 453 g/mol. The van der Waals surface area contributed by atoms with Crippen LogP contribution in [0.5, 0.6) is 11.5 Å². The summed E-state index contributed by atoms with van der Waals surface area (Å²) in [7, 11) is 1.48. The number of H-pyrrole nitrogens is 1. The molecule has 3 N–H and O–H groups in total. The maximum Gasteiger partial charge on any atom is 0.341 e. The Kier molecular flexibility index (Phi) is 6.13. The van der Waals surface area contributed by atoms with Gasteiger partial charge in [0.1, 0.15) is 0 Å². The average Bonchev–Trinajstić information content (AvgIpc) is 2.80. The number of carbonyl (C=O) groups is 1. The van der Waals surface area contributed by atoms with Crippen molar-refractivity contribution in [3.8, 4) is 22.8 Å². The van der Waals surface area contributed by atoms with Crippen molar-refractivity contribution >= 4 is 23.4 Å². The van der Waals surface area contributed by atoms with E-state index in [1.54, 1.807) is 29.0 Å². The molecule has 1 atom stereocenters. The maximum atomic E-state index is 13.1. The summed E-state index contributed by atoms with van der Waals surface area (Å²) in [5.74, 6) is 0.0885. The third kappa shape index (κ3) is 4.04. The van der Waals surface area contributed by atoms with Gasteiger partial charge in [-0.3, -0.25) is 9.78 Å². The van der Waals surface area contributed by atoms with Gasteiger partial charge < -0.3 is 19.9 Å². The Bertz CT molecular complexity index is 1240. The van der Waals surface area contributed by atoms with E-state index in [4.69, 9.17) is 14.6 Å². The zero-order valence-electron chi connectivity index (χ0n) is 17.2. The van der Waals surface area contributed by atoms with Crippen molar-refractivity contribution < 1.29 is 24.1 Å². The van der Waals surface area contributed by atoms with E-state index in [0.717, 1.165) is 5.69 Å². The summed E-state index contributed by atoms with van der Waals surface area (Å²) in [6.45, 7) is 3.16. The van der Waals surface area contributed by atoms with Crippen LogP contribution in [0.3, 0.4) is 0 Å². The van der Waals surface area contributed by atoms with Crippen LogP contribution in [0, 0.1) is 0 Å². The van der Waals surface area contributed by atoms with Crippen molar-refractivity contribution in [2.24, 2.45) is 0 Å². The van der Waals surface area contributed by atoms with E-state index >= 15 is 0 Å². The van der Waals surface area contributed by atoms with Crippen LogP contribution in [0.1, 0.15) is 11.7 Å². The molecule has 0 unspecified atom stereocenters. The van der Waals surface area contributed by atoms with Gasteiger partial charge in [0.15, 0.2) is 18.1 Å². The smallest absolute Gasteiger partial charge is 0.341 e. The first-order valence-electron chi connectivity index (χ1n) is 9.70. The van der Waals surface area contributed by atoms with Crippen LogP contribution >= 0.6 is 11.8 Å². The largest absolute Gasteiger partial charge is 0.493 e. The molecule has 1 aliphatic heterocycles. The summed E-state index contributed by atoms with van der Waals surface area (Å²) in [6, 6.07) is 12.6. The molecule has 4 rings (SSSR count). The molecule has 3 aromatic rings. The standard InChI is InChI=1S/C22H20N4O5S/c1-3-11-32-22-24-21(29)18-13-7-4-5-9-15(13)23-20(26(18)25-22)14-8-6-10-16(30-2)19(14)31-12-17(27)28/h3-10,20H,1,11-12H2,2H3,(H2,24,25,27,28,29)/p+1/t20-/m0/s1. The number of thioether (sulfide) groups is 1. The fourth-order valence-corrected chi connectivity index (χ4v) is 4.09. The van der Waals surface area contributed by atoms with Crippen LogP contribution in [0.15, 0.2) is 65.1 Å². The number of nitrogens with one attached hydrogen (secondary N) is 2. The molecule has 0 bridgehead atoms. The van der Waals surface area contributed by atoms with Gasteiger partial charge in [-0.15, -0.1) is 6.58 Å². The molecule has 1 aliphatic rings. The molecular formula is C22H21N4O5S+. The molecule has 32 heavy (non-hydrogen) atoms. The van der Waals surface area contributed by atoms with Crippen LogP contribution < -0.4 is 25.0 Å². The number of aromatic nitrogens is 3. The van der Waals surface area contributed by atoms with Crippen molar-refractivity contribution in [1.82, 2.24) is 10.1 Å². The highest BCUT2D eigenvalue weighted by Gasteiger charge is 2.39. The van der Waals surface area contributed by atoms with Crippen molar-refractivity contribution in [3.63, 3.8) is 0 Å². The number of hydrogen-bond acceptors (Lipinski definition) is 7. The summed E-state index contributed by atoms with van der Waals surface area (Å²) in [5.41, 5.74) is 2.10. The first-order chi connectivity index (χ1) is 15.5. The van der Waals surface area contributed by atoms with Gasteiger partial charge in [-0.05, 0) is 28.9 Å². The maximum absolute atomic E-state index is 13.1. The third-order valence-corrected chi connectivity index (χ3v) is 5.64. The van der Waals surface area contributed by atoms with E-state index in [9.17, 15) is 9.59 Å². The lowest BCUT2D eigenvalue weighted by atomic mass is 10.0. The van der Waals surface area contributed by atoms with Crippen LogP contribution in [0.2, 0.25) is 0 Å². The summed E-state index contributed by atoms with van der Waals surface area (Å²) in [4.78, 5) is 27.1. The lowest BCUT2D eigenvalue weighted by Crippen LogP contribution is -2.55. The second kappa shape index (κ2) is 9.15. The predicted octanol–water partition coefficient (Wildman–Crippen LogP) is 2.45. The first kappa shape index (κ1) is 21.4. The first-order valence-corrected chi connectivity index (χ1v) is 10.7. The van der Waals surface area contributed by atoms with Crippen LogP contribution in [-0.4, -0.2) is 40.6 Å². The number of benzene rings is 2. The molecular weight excluding hydrogens is 432 g/mol. The topological polar surface area (TPSA) is 117 Å². The molecule has 164 valence electrons. The van der Waals surface area contributed by atoms with Gasteiger partial charge in [0.2, 0.25) is 5.16 Å². The SMILES string of the molecule is C=CCSc1n[n+]2c(c(=O)[nH]1)-c1ccccc1N[C@@H]2c1cccc(OC)c1OCC(=O)O. The van der Waals surface area contributed by atoms with E-state index in [1.165, 1.54) is 18.9 Å². The number of aliphatic carboxylic acids is 1. The number of hydrogen-bond donors (Lipinski definition) is 3.